The van der Waals surface area contributed by atoms with Crippen LogP contribution in [0, 0.1) is 5.92 Å². The summed E-state index contributed by atoms with van der Waals surface area (Å²) in [6, 6.07) is 0. The molecule has 2 aliphatic heterocycles. The minimum absolute atomic E-state index is 0. The molecule has 0 aromatic rings. The third-order valence-electron chi connectivity index (χ3n) is 5.96. The standard InChI is InChI=1S/C23H35O14.2Na.H2O/c1-11(2)21(29)36-20-17(28)19(30-4)14(8-32-7-6-24)35-23(20)37-18-12(3)16(27)22(31-5)34-13(18)9-33-10-15(25)26;;;/h12-14,16-20,22-23,27-28H,1,7-10H2,2-5H3,(H,25,26);;;1H2/q-1;2*+1;/p-2. The number of hydrogen-bond donors (Lipinski definition) is 2. The first kappa shape index (κ1) is 42.1. The van der Waals surface area contributed by atoms with E-state index < -0.39 is 79.8 Å². The topological polar surface area (TPSA) is 219 Å². The summed E-state index contributed by atoms with van der Waals surface area (Å²) in [5, 5.41) is 32.5. The minimum atomic E-state index is -1.47. The van der Waals surface area contributed by atoms with Crippen molar-refractivity contribution >= 4 is 18.2 Å². The average molecular weight is 597 g/mol. The number of carboxylic acids is 1. The summed E-state index contributed by atoms with van der Waals surface area (Å²) in [6.07, 6.45) is -9.00. The molecule has 10 atom stereocenters. The van der Waals surface area contributed by atoms with E-state index in [2.05, 4.69) is 6.58 Å². The molecule has 0 saturated carbocycles. The number of ether oxygens (including phenoxy) is 8. The van der Waals surface area contributed by atoms with Crippen molar-refractivity contribution in [2.24, 2.45) is 5.92 Å². The molecule has 2 saturated heterocycles. The molecule has 2 rings (SSSR count). The van der Waals surface area contributed by atoms with Gasteiger partial charge in [0.05, 0.1) is 31.9 Å². The van der Waals surface area contributed by atoms with E-state index in [-0.39, 0.29) is 90.0 Å². The Hall–Kier alpha value is -0.0500. The van der Waals surface area contributed by atoms with Gasteiger partial charge in [-0.05, 0) is 13.5 Å². The van der Waals surface area contributed by atoms with Crippen LogP contribution in [-0.2, 0) is 52.3 Å². The van der Waals surface area contributed by atoms with E-state index in [0.717, 1.165) is 0 Å². The van der Waals surface area contributed by atoms with Crippen LogP contribution in [0.5, 0.6) is 0 Å². The fourth-order valence-electron chi connectivity index (χ4n) is 4.06. The summed E-state index contributed by atoms with van der Waals surface area (Å²) in [7, 11) is 2.62. The fourth-order valence-corrected chi connectivity index (χ4v) is 4.06. The van der Waals surface area contributed by atoms with Crippen LogP contribution < -0.4 is 64.2 Å². The van der Waals surface area contributed by atoms with E-state index in [1.54, 1.807) is 13.2 Å². The molecule has 0 bridgehead atoms. The largest absolute Gasteiger partial charge is 1.00 e. The summed E-state index contributed by atoms with van der Waals surface area (Å²) in [4.78, 5) is 33.7. The van der Waals surface area contributed by atoms with Crippen LogP contribution >= 0.6 is 0 Å². The molecule has 2 heterocycles. The van der Waals surface area contributed by atoms with Gasteiger partial charge in [-0.1, -0.05) is 13.5 Å². The Balaban J connectivity index is 0. The summed E-state index contributed by atoms with van der Waals surface area (Å²) < 4.78 is 44.0. The second-order valence-corrected chi connectivity index (χ2v) is 8.66. The van der Waals surface area contributed by atoms with E-state index >= 15 is 0 Å². The molecular weight excluding hydrogens is 562 g/mol. The molecule has 0 aliphatic carbocycles. The summed E-state index contributed by atoms with van der Waals surface area (Å²) >= 11 is 0. The van der Waals surface area contributed by atoms with Gasteiger partial charge >= 0.3 is 65.1 Å². The maximum absolute atomic E-state index is 12.3. The van der Waals surface area contributed by atoms with Crippen LogP contribution in [0.3, 0.4) is 0 Å². The van der Waals surface area contributed by atoms with E-state index in [1.165, 1.54) is 21.1 Å². The van der Waals surface area contributed by atoms with Crippen LogP contribution in [0.1, 0.15) is 13.8 Å². The zero-order chi connectivity index (χ0) is 27.7. The molecule has 10 unspecified atom stereocenters. The van der Waals surface area contributed by atoms with Crippen molar-refractivity contribution in [3.8, 4) is 0 Å². The molecule has 0 aromatic carbocycles. The summed E-state index contributed by atoms with van der Waals surface area (Å²) in [5.74, 6) is -2.97. The molecule has 17 heteroatoms. The Bertz CT molecular complexity index is 787. The summed E-state index contributed by atoms with van der Waals surface area (Å²) in [6.45, 7) is 5.00. The molecule has 0 radical (unpaired) electrons. The van der Waals surface area contributed by atoms with Crippen molar-refractivity contribution in [1.82, 2.24) is 0 Å². The van der Waals surface area contributed by atoms with Crippen molar-refractivity contribution in [1.29, 1.82) is 0 Å². The SMILES string of the molecule is C=C(C)C(=O)OC1C(OC2C(COCC(=O)[O-])OC(OC)C(O)C2C)OC(COC[C-]=O)C(OC)C1O.[Na+].[Na+].[OH-]. The quantitative estimate of drug-likeness (QED) is 0.0624. The number of aliphatic hydroxyl groups excluding tert-OH is 2. The number of hydrogen-bond acceptors (Lipinski definition) is 15. The molecule has 2 fully saturated rings. The maximum Gasteiger partial charge on any atom is 1.00 e. The van der Waals surface area contributed by atoms with Gasteiger partial charge < -0.3 is 68.3 Å². The number of esters is 1. The van der Waals surface area contributed by atoms with E-state index in [4.69, 9.17) is 37.9 Å². The van der Waals surface area contributed by atoms with Crippen molar-refractivity contribution in [2.45, 2.75) is 69.2 Å². The van der Waals surface area contributed by atoms with Gasteiger partial charge in [-0.2, -0.15) is 0 Å². The number of methoxy groups -OCH3 is 2. The van der Waals surface area contributed by atoms with Gasteiger partial charge in [0.25, 0.3) is 0 Å². The van der Waals surface area contributed by atoms with Crippen LogP contribution in [-0.4, -0.2) is 130 Å². The molecule has 2 aliphatic rings. The molecule has 0 amide bonds. The van der Waals surface area contributed by atoms with Crippen molar-refractivity contribution < 1.29 is 132 Å². The van der Waals surface area contributed by atoms with E-state index in [0.29, 0.717) is 0 Å². The Morgan fingerprint density at radius 2 is 1.52 bits per heavy atom. The number of aliphatic carboxylic acids is 1. The third kappa shape index (κ3) is 11.6. The number of aliphatic hydroxyl groups is 2. The predicted molar refractivity (Wildman–Crippen MR) is 120 cm³/mol. The van der Waals surface area contributed by atoms with Crippen LogP contribution in [0.15, 0.2) is 12.2 Å². The van der Waals surface area contributed by atoms with Gasteiger partial charge in [0.2, 0.25) is 0 Å². The van der Waals surface area contributed by atoms with Crippen LogP contribution in [0.25, 0.3) is 0 Å². The Morgan fingerprint density at radius 3 is 2.05 bits per heavy atom. The number of carboxylic acid groups (broad SMARTS) is 1. The molecular formula is C23H35Na2O15-. The van der Waals surface area contributed by atoms with Crippen molar-refractivity contribution in [2.75, 3.05) is 40.6 Å². The molecule has 40 heavy (non-hydrogen) atoms. The van der Waals surface area contributed by atoms with Gasteiger partial charge in [-0.3, -0.25) is 0 Å². The molecule has 3 N–H and O–H groups in total. The normalized spacial score (nSPS) is 33.4. The Morgan fingerprint density at radius 1 is 0.950 bits per heavy atom. The van der Waals surface area contributed by atoms with Gasteiger partial charge in [0.15, 0.2) is 18.7 Å². The zero-order valence-electron chi connectivity index (χ0n) is 23.5. The first-order valence-corrected chi connectivity index (χ1v) is 11.5. The van der Waals surface area contributed by atoms with Crippen LogP contribution in [0.2, 0.25) is 0 Å². The van der Waals surface area contributed by atoms with E-state index in [9.17, 15) is 29.7 Å². The van der Waals surface area contributed by atoms with Gasteiger partial charge in [-0.15, -0.1) is 0 Å². The zero-order valence-corrected chi connectivity index (χ0v) is 27.5. The fraction of sp³-hybridized carbons (Fsp3) is 0.783. The smallest absolute Gasteiger partial charge is 0.870 e. The maximum atomic E-state index is 12.3. The average Bonchev–Trinajstić information content (AvgIpc) is 2.85. The second-order valence-electron chi connectivity index (χ2n) is 8.66. The first-order chi connectivity index (χ1) is 17.5. The van der Waals surface area contributed by atoms with Crippen molar-refractivity contribution in [3.05, 3.63) is 12.2 Å². The number of carbonyl (C=O) groups is 2. The van der Waals surface area contributed by atoms with Crippen molar-refractivity contribution in [3.63, 3.8) is 0 Å². The van der Waals surface area contributed by atoms with Gasteiger partial charge in [0, 0.05) is 25.7 Å². The van der Waals surface area contributed by atoms with Gasteiger partial charge in [0.1, 0.15) is 30.5 Å². The van der Waals surface area contributed by atoms with Gasteiger partial charge in [-0.25, -0.2) is 11.1 Å². The molecule has 15 nitrogen and oxygen atoms in total. The Labute approximate surface area is 276 Å². The molecule has 220 valence electrons. The second kappa shape index (κ2) is 20.8. The monoisotopic (exact) mass is 597 g/mol. The summed E-state index contributed by atoms with van der Waals surface area (Å²) in [5.41, 5.74) is 0.0492. The molecule has 0 spiro atoms. The molecule has 0 aromatic heterocycles. The number of carbonyl (C=O) groups excluding carboxylic acids is 3. The first-order valence-electron chi connectivity index (χ1n) is 11.5. The Kier molecular flexibility index (Phi) is 21.9. The minimum Gasteiger partial charge on any atom is -0.870 e. The number of rotatable bonds is 14. The van der Waals surface area contributed by atoms with E-state index in [1.807, 2.05) is 0 Å². The predicted octanol–water partition coefficient (Wildman–Crippen LogP) is -8.95. The van der Waals surface area contributed by atoms with Crippen LogP contribution in [0.4, 0.5) is 0 Å². The third-order valence-corrected chi connectivity index (χ3v) is 5.96.